The van der Waals surface area contributed by atoms with Crippen molar-refractivity contribution in [2.75, 3.05) is 7.11 Å². The number of methoxy groups -OCH3 is 1. The number of benzene rings is 2. The molecule has 1 N–H and O–H groups in total. The number of nitrogens with one attached hydrogen (secondary N) is 1. The van der Waals surface area contributed by atoms with Crippen molar-refractivity contribution in [1.82, 2.24) is 5.32 Å². The summed E-state index contributed by atoms with van der Waals surface area (Å²) < 4.78 is 30.9. The number of carbonyl (C=O) groups is 2. The molecule has 0 aliphatic carbocycles. The van der Waals surface area contributed by atoms with Crippen LogP contribution in [0.3, 0.4) is 0 Å². The van der Waals surface area contributed by atoms with Crippen molar-refractivity contribution in [2.24, 2.45) is 0 Å². The third-order valence-electron chi connectivity index (χ3n) is 3.97. The van der Waals surface area contributed by atoms with Crippen LogP contribution in [0.5, 0.6) is 0 Å². The molecule has 138 valence electrons. The van der Waals surface area contributed by atoms with Crippen LogP contribution in [-0.2, 0) is 27.2 Å². The second kappa shape index (κ2) is 9.65. The Kier molecular flexibility index (Phi) is 7.26. The van der Waals surface area contributed by atoms with Crippen molar-refractivity contribution in [3.63, 3.8) is 0 Å². The summed E-state index contributed by atoms with van der Waals surface area (Å²) in [7, 11) is 1.26. The van der Waals surface area contributed by atoms with E-state index in [0.717, 1.165) is 24.1 Å². The van der Waals surface area contributed by atoms with Gasteiger partial charge in [0.15, 0.2) is 11.6 Å². The molecule has 1 amide bonds. The van der Waals surface area contributed by atoms with Gasteiger partial charge in [0.1, 0.15) is 6.04 Å². The van der Waals surface area contributed by atoms with Crippen LogP contribution >= 0.6 is 0 Å². The molecule has 0 aliphatic heterocycles. The number of amides is 1. The molecule has 0 fully saturated rings. The molecule has 2 aromatic carbocycles. The van der Waals surface area contributed by atoms with Crippen LogP contribution in [0.2, 0.25) is 0 Å². The van der Waals surface area contributed by atoms with E-state index >= 15 is 0 Å². The molecule has 0 aromatic heterocycles. The second-order valence-corrected chi connectivity index (χ2v) is 5.95. The first kappa shape index (κ1) is 19.6. The van der Waals surface area contributed by atoms with Crippen LogP contribution < -0.4 is 5.32 Å². The Morgan fingerprint density at radius 1 is 1.04 bits per heavy atom. The van der Waals surface area contributed by atoms with Gasteiger partial charge in [0.2, 0.25) is 5.91 Å². The van der Waals surface area contributed by atoms with Crippen LogP contribution in [0.25, 0.3) is 0 Å². The predicted molar refractivity (Wildman–Crippen MR) is 93.4 cm³/mol. The van der Waals surface area contributed by atoms with Gasteiger partial charge < -0.3 is 10.1 Å². The van der Waals surface area contributed by atoms with E-state index in [2.05, 4.69) is 5.32 Å². The molecule has 2 aromatic rings. The summed E-state index contributed by atoms with van der Waals surface area (Å²) in [4.78, 5) is 24.0. The van der Waals surface area contributed by atoms with E-state index in [1.807, 2.05) is 30.3 Å². The minimum Gasteiger partial charge on any atom is -0.467 e. The molecule has 1 atom stereocenters. The number of esters is 1. The number of ether oxygens (including phenoxy) is 1. The average Bonchev–Trinajstić information content (AvgIpc) is 2.64. The van der Waals surface area contributed by atoms with Crippen LogP contribution in [0.4, 0.5) is 8.78 Å². The van der Waals surface area contributed by atoms with E-state index in [9.17, 15) is 18.4 Å². The number of hydrogen-bond acceptors (Lipinski definition) is 3. The molecule has 4 nitrogen and oxygen atoms in total. The normalized spacial score (nSPS) is 11.7. The van der Waals surface area contributed by atoms with E-state index in [-0.39, 0.29) is 6.42 Å². The van der Waals surface area contributed by atoms with E-state index in [4.69, 9.17) is 4.74 Å². The first-order chi connectivity index (χ1) is 12.5. The highest BCUT2D eigenvalue weighted by Crippen LogP contribution is 2.11. The first-order valence-corrected chi connectivity index (χ1v) is 8.34. The Morgan fingerprint density at radius 3 is 2.42 bits per heavy atom. The van der Waals surface area contributed by atoms with Gasteiger partial charge in [0.25, 0.3) is 0 Å². The molecule has 0 spiro atoms. The fourth-order valence-corrected chi connectivity index (χ4v) is 2.63. The quantitative estimate of drug-likeness (QED) is 0.735. The Hall–Kier alpha value is -2.76. The van der Waals surface area contributed by atoms with E-state index in [0.29, 0.717) is 18.4 Å². The molecule has 0 heterocycles. The summed E-state index contributed by atoms with van der Waals surface area (Å²) in [6.07, 6.45) is 1.73. The van der Waals surface area contributed by atoms with Gasteiger partial charge in [-0.05, 0) is 42.5 Å². The zero-order valence-electron chi connectivity index (χ0n) is 14.5. The van der Waals surface area contributed by atoms with Gasteiger partial charge >= 0.3 is 5.97 Å². The van der Waals surface area contributed by atoms with Crippen molar-refractivity contribution < 1.29 is 23.1 Å². The van der Waals surface area contributed by atoms with Gasteiger partial charge in [0.05, 0.1) is 13.5 Å². The predicted octanol–water partition coefficient (Wildman–Crippen LogP) is 3.19. The first-order valence-electron chi connectivity index (χ1n) is 8.34. The summed E-state index contributed by atoms with van der Waals surface area (Å²) in [6.45, 7) is 0. The molecule has 0 radical (unpaired) electrons. The van der Waals surface area contributed by atoms with Crippen LogP contribution in [0.15, 0.2) is 48.5 Å². The standard InChI is InChI=1S/C20H21F2NO3/c1-26-20(25)18(9-5-8-14-6-3-2-4-7-14)23-19(24)13-15-10-11-16(21)17(22)12-15/h2-4,6-7,10-12,18H,5,8-9,13H2,1H3,(H,23,24)/t18-/m0/s1. The van der Waals surface area contributed by atoms with Gasteiger partial charge in [-0.1, -0.05) is 36.4 Å². The minimum absolute atomic E-state index is 0.149. The molecule has 2 rings (SSSR count). The maximum absolute atomic E-state index is 13.2. The number of aryl methyl sites for hydroxylation is 1. The van der Waals surface area contributed by atoms with Crippen LogP contribution in [-0.4, -0.2) is 25.0 Å². The minimum atomic E-state index is -1.01. The van der Waals surface area contributed by atoms with Crippen LogP contribution in [0.1, 0.15) is 24.0 Å². The fourth-order valence-electron chi connectivity index (χ4n) is 2.63. The fraction of sp³-hybridized carbons (Fsp3) is 0.300. The molecular formula is C20H21F2NO3. The van der Waals surface area contributed by atoms with Crippen molar-refractivity contribution in [3.8, 4) is 0 Å². The van der Waals surface area contributed by atoms with E-state index < -0.39 is 29.6 Å². The number of carbonyl (C=O) groups excluding carboxylic acids is 2. The Bertz CT molecular complexity index is 750. The van der Waals surface area contributed by atoms with Crippen LogP contribution in [0, 0.1) is 11.6 Å². The number of halogens is 2. The summed E-state index contributed by atoms with van der Waals surface area (Å²) in [6, 6.07) is 12.3. The summed E-state index contributed by atoms with van der Waals surface area (Å²) >= 11 is 0. The molecule has 0 unspecified atom stereocenters. The zero-order chi connectivity index (χ0) is 18.9. The topological polar surface area (TPSA) is 55.4 Å². The molecular weight excluding hydrogens is 340 g/mol. The molecule has 0 saturated carbocycles. The summed E-state index contributed by atoms with van der Waals surface area (Å²) in [5, 5.41) is 2.61. The lowest BCUT2D eigenvalue weighted by molar-refractivity contribution is -0.145. The van der Waals surface area contributed by atoms with Gasteiger partial charge in [-0.25, -0.2) is 13.6 Å². The highest BCUT2D eigenvalue weighted by atomic mass is 19.2. The Morgan fingerprint density at radius 2 is 1.77 bits per heavy atom. The summed E-state index contributed by atoms with van der Waals surface area (Å²) in [5.41, 5.74) is 1.47. The largest absolute Gasteiger partial charge is 0.467 e. The Balaban J connectivity index is 1.90. The molecule has 26 heavy (non-hydrogen) atoms. The van der Waals surface area contributed by atoms with Gasteiger partial charge in [-0.2, -0.15) is 0 Å². The van der Waals surface area contributed by atoms with Crippen molar-refractivity contribution in [2.45, 2.75) is 31.7 Å². The van der Waals surface area contributed by atoms with E-state index in [1.165, 1.54) is 13.2 Å². The van der Waals surface area contributed by atoms with E-state index in [1.54, 1.807) is 0 Å². The zero-order valence-corrected chi connectivity index (χ0v) is 14.5. The molecule has 6 heteroatoms. The monoisotopic (exact) mass is 361 g/mol. The van der Waals surface area contributed by atoms with Gasteiger partial charge in [0, 0.05) is 0 Å². The van der Waals surface area contributed by atoms with Crippen molar-refractivity contribution >= 4 is 11.9 Å². The Labute approximate surface area is 151 Å². The highest BCUT2D eigenvalue weighted by molar-refractivity contribution is 5.85. The molecule has 0 bridgehead atoms. The molecule has 0 aliphatic rings. The number of hydrogen-bond donors (Lipinski definition) is 1. The third-order valence-corrected chi connectivity index (χ3v) is 3.97. The van der Waals surface area contributed by atoms with Crippen molar-refractivity contribution in [3.05, 3.63) is 71.3 Å². The highest BCUT2D eigenvalue weighted by Gasteiger charge is 2.21. The average molecular weight is 361 g/mol. The smallest absolute Gasteiger partial charge is 0.328 e. The molecule has 0 saturated heterocycles. The SMILES string of the molecule is COC(=O)[C@H](CCCc1ccccc1)NC(=O)Cc1ccc(F)c(F)c1. The third kappa shape index (κ3) is 5.95. The lowest BCUT2D eigenvalue weighted by atomic mass is 10.0. The van der Waals surface area contributed by atoms with Crippen molar-refractivity contribution in [1.29, 1.82) is 0 Å². The van der Waals surface area contributed by atoms with Gasteiger partial charge in [-0.15, -0.1) is 0 Å². The van der Waals surface area contributed by atoms with Gasteiger partial charge in [-0.3, -0.25) is 4.79 Å². The number of rotatable bonds is 8. The lowest BCUT2D eigenvalue weighted by Gasteiger charge is -2.16. The second-order valence-electron chi connectivity index (χ2n) is 5.95. The lowest BCUT2D eigenvalue weighted by Crippen LogP contribution is -2.42. The summed E-state index contributed by atoms with van der Waals surface area (Å²) in [5.74, 6) is -2.96. The maximum atomic E-state index is 13.2. The maximum Gasteiger partial charge on any atom is 0.328 e.